The van der Waals surface area contributed by atoms with Crippen LogP contribution in [0.2, 0.25) is 0 Å². The van der Waals surface area contributed by atoms with E-state index in [4.69, 9.17) is 15.3 Å². The van der Waals surface area contributed by atoms with Crippen molar-refractivity contribution < 1.29 is 14.4 Å². The molecule has 4 N–H and O–H groups in total. The van der Waals surface area contributed by atoms with Crippen LogP contribution in [0.5, 0.6) is 5.88 Å². The standard InChI is InChI=1S/C23H23N9O3/c1-12-15(8-27-23-21(12)25-3-4-34-23)17-5-13-6-18(26-9-16(13)22(24)28-17)29-19-7-14-11-35-31(2)20(33)10-32(14)30-19/h5-9,25H,3-4,10-11H2,1-2H3,(H2,24,28)(H,26,29,30). The predicted molar refractivity (Wildman–Crippen MR) is 129 cm³/mol. The lowest BCUT2D eigenvalue weighted by atomic mass is 10.0. The second kappa shape index (κ2) is 8.09. The van der Waals surface area contributed by atoms with E-state index in [1.54, 1.807) is 24.1 Å². The highest BCUT2D eigenvalue weighted by Gasteiger charge is 2.21. The first-order valence-corrected chi connectivity index (χ1v) is 11.1. The van der Waals surface area contributed by atoms with E-state index in [1.807, 2.05) is 25.1 Å². The number of nitrogen functional groups attached to an aromatic ring is 1. The molecule has 1 amide bonds. The van der Waals surface area contributed by atoms with Crippen LogP contribution >= 0.6 is 0 Å². The molecule has 0 aromatic carbocycles. The van der Waals surface area contributed by atoms with Crippen LogP contribution in [-0.2, 0) is 22.8 Å². The van der Waals surface area contributed by atoms with Crippen LogP contribution in [0.15, 0.2) is 30.6 Å². The van der Waals surface area contributed by atoms with Crippen LogP contribution in [0.25, 0.3) is 22.0 Å². The maximum Gasteiger partial charge on any atom is 0.267 e. The summed E-state index contributed by atoms with van der Waals surface area (Å²) in [7, 11) is 1.59. The summed E-state index contributed by atoms with van der Waals surface area (Å²) in [6.45, 7) is 3.68. The number of nitrogens with two attached hydrogens (primary N) is 1. The number of hydrogen-bond acceptors (Lipinski definition) is 10. The van der Waals surface area contributed by atoms with Crippen LogP contribution in [-0.4, -0.2) is 55.9 Å². The molecule has 0 atom stereocenters. The molecule has 2 aliphatic rings. The van der Waals surface area contributed by atoms with Gasteiger partial charge in [0.25, 0.3) is 5.91 Å². The van der Waals surface area contributed by atoms with Crippen molar-refractivity contribution in [3.05, 3.63) is 41.9 Å². The van der Waals surface area contributed by atoms with E-state index in [2.05, 4.69) is 30.7 Å². The summed E-state index contributed by atoms with van der Waals surface area (Å²) in [5.74, 6) is 1.95. The average Bonchev–Trinajstić information content (AvgIpc) is 3.17. The van der Waals surface area contributed by atoms with Crippen molar-refractivity contribution in [2.45, 2.75) is 20.1 Å². The number of pyridine rings is 3. The van der Waals surface area contributed by atoms with E-state index in [-0.39, 0.29) is 19.1 Å². The summed E-state index contributed by atoms with van der Waals surface area (Å²) in [5.41, 5.74) is 10.5. The van der Waals surface area contributed by atoms with E-state index in [9.17, 15) is 4.79 Å². The van der Waals surface area contributed by atoms with Crippen molar-refractivity contribution in [1.29, 1.82) is 0 Å². The zero-order valence-electron chi connectivity index (χ0n) is 19.2. The lowest BCUT2D eigenvalue weighted by molar-refractivity contribution is -0.180. The molecule has 0 saturated carbocycles. The molecule has 4 aromatic rings. The normalized spacial score (nSPS) is 15.1. The molecule has 0 saturated heterocycles. The number of rotatable bonds is 3. The molecule has 0 aliphatic carbocycles. The van der Waals surface area contributed by atoms with Gasteiger partial charge < -0.3 is 21.1 Å². The molecule has 12 heteroatoms. The topological polar surface area (TPSA) is 145 Å². The van der Waals surface area contributed by atoms with Crippen LogP contribution < -0.4 is 21.1 Å². The molecule has 0 unspecified atom stereocenters. The number of anilines is 4. The zero-order valence-corrected chi connectivity index (χ0v) is 19.2. The van der Waals surface area contributed by atoms with Gasteiger partial charge in [0.05, 0.1) is 11.4 Å². The first-order valence-electron chi connectivity index (χ1n) is 11.1. The summed E-state index contributed by atoms with van der Waals surface area (Å²) >= 11 is 0. The lowest BCUT2D eigenvalue weighted by Gasteiger charge is -2.21. The smallest absolute Gasteiger partial charge is 0.267 e. The maximum absolute atomic E-state index is 12.0. The summed E-state index contributed by atoms with van der Waals surface area (Å²) in [6, 6.07) is 5.69. The Kier molecular flexibility index (Phi) is 4.88. The predicted octanol–water partition coefficient (Wildman–Crippen LogP) is 2.23. The molecule has 2 aliphatic heterocycles. The Morgan fingerprint density at radius 3 is 2.94 bits per heavy atom. The molecule has 0 spiro atoms. The van der Waals surface area contributed by atoms with Gasteiger partial charge in [-0.1, -0.05) is 0 Å². The summed E-state index contributed by atoms with van der Waals surface area (Å²) in [6.07, 6.45) is 3.44. The number of likely N-dealkylation sites (N-methyl/N-ethyl adjacent to an activating group) is 1. The number of hydroxylamine groups is 2. The number of nitrogens with zero attached hydrogens (tertiary/aromatic N) is 6. The number of fused-ring (bicyclic) bond motifs is 3. The molecule has 0 radical (unpaired) electrons. The van der Waals surface area contributed by atoms with E-state index < -0.39 is 0 Å². The van der Waals surface area contributed by atoms with Gasteiger partial charge in [-0.15, -0.1) is 0 Å². The Hall–Kier alpha value is -4.45. The fourth-order valence-corrected chi connectivity index (χ4v) is 4.22. The molecule has 6 rings (SSSR count). The minimum absolute atomic E-state index is 0.109. The van der Waals surface area contributed by atoms with E-state index >= 15 is 0 Å². The van der Waals surface area contributed by atoms with E-state index in [0.29, 0.717) is 35.6 Å². The van der Waals surface area contributed by atoms with Crippen molar-refractivity contribution in [1.82, 2.24) is 29.8 Å². The third-order valence-corrected chi connectivity index (χ3v) is 6.13. The molecule has 0 fully saturated rings. The Morgan fingerprint density at radius 2 is 2.06 bits per heavy atom. The van der Waals surface area contributed by atoms with Gasteiger partial charge in [0.1, 0.15) is 37.1 Å². The van der Waals surface area contributed by atoms with Gasteiger partial charge in [0.15, 0.2) is 5.82 Å². The quantitative estimate of drug-likeness (QED) is 0.405. The molecule has 12 nitrogen and oxygen atoms in total. The van der Waals surface area contributed by atoms with Gasteiger partial charge in [-0.05, 0) is 30.0 Å². The summed E-state index contributed by atoms with van der Waals surface area (Å²) in [5, 5.41) is 13.9. The van der Waals surface area contributed by atoms with Crippen LogP contribution in [0.1, 0.15) is 11.3 Å². The number of aromatic nitrogens is 5. The molecule has 178 valence electrons. The van der Waals surface area contributed by atoms with Gasteiger partial charge in [-0.2, -0.15) is 5.10 Å². The zero-order chi connectivity index (χ0) is 24.1. The van der Waals surface area contributed by atoms with Gasteiger partial charge in [0.2, 0.25) is 5.88 Å². The Morgan fingerprint density at radius 1 is 1.17 bits per heavy atom. The van der Waals surface area contributed by atoms with Gasteiger partial charge in [-0.3, -0.25) is 14.3 Å². The number of nitrogens with one attached hydrogen (secondary N) is 2. The third kappa shape index (κ3) is 3.73. The Bertz CT molecular complexity index is 1480. The minimum Gasteiger partial charge on any atom is -0.474 e. The summed E-state index contributed by atoms with van der Waals surface area (Å²) in [4.78, 5) is 31.0. The number of carbonyl (C=O) groups excluding carboxylic acids is 1. The largest absolute Gasteiger partial charge is 0.474 e. The van der Waals surface area contributed by atoms with Gasteiger partial charge in [0, 0.05) is 43.0 Å². The average molecular weight is 473 g/mol. The second-order valence-electron chi connectivity index (χ2n) is 8.40. The highest BCUT2D eigenvalue weighted by molar-refractivity contribution is 5.95. The van der Waals surface area contributed by atoms with Crippen molar-refractivity contribution in [2.24, 2.45) is 0 Å². The number of amides is 1. The van der Waals surface area contributed by atoms with Crippen molar-refractivity contribution in [2.75, 3.05) is 36.6 Å². The monoisotopic (exact) mass is 473 g/mol. The lowest BCUT2D eigenvalue weighted by Crippen LogP contribution is -2.27. The molecular formula is C23H23N9O3. The fourth-order valence-electron chi connectivity index (χ4n) is 4.22. The van der Waals surface area contributed by atoms with Crippen LogP contribution in [0, 0.1) is 6.92 Å². The maximum atomic E-state index is 12.0. The van der Waals surface area contributed by atoms with E-state index in [0.717, 1.165) is 39.8 Å². The third-order valence-electron chi connectivity index (χ3n) is 6.13. The highest BCUT2D eigenvalue weighted by atomic mass is 16.7. The van der Waals surface area contributed by atoms with Crippen LogP contribution in [0.3, 0.4) is 0 Å². The fraction of sp³-hybridized carbons (Fsp3) is 0.261. The summed E-state index contributed by atoms with van der Waals surface area (Å²) < 4.78 is 7.26. The Labute approximate surface area is 200 Å². The molecular weight excluding hydrogens is 450 g/mol. The Balaban J connectivity index is 1.33. The van der Waals surface area contributed by atoms with E-state index in [1.165, 1.54) is 5.06 Å². The second-order valence-corrected chi connectivity index (χ2v) is 8.40. The molecule has 4 aromatic heterocycles. The first kappa shape index (κ1) is 21.1. The first-order chi connectivity index (χ1) is 17.0. The van der Waals surface area contributed by atoms with Crippen molar-refractivity contribution in [3.63, 3.8) is 0 Å². The number of carbonyl (C=O) groups is 1. The van der Waals surface area contributed by atoms with Crippen molar-refractivity contribution >= 4 is 39.8 Å². The van der Waals surface area contributed by atoms with Crippen molar-refractivity contribution in [3.8, 4) is 17.1 Å². The molecule has 6 heterocycles. The van der Waals surface area contributed by atoms with Gasteiger partial charge in [-0.25, -0.2) is 20.0 Å². The number of hydrogen-bond donors (Lipinski definition) is 3. The number of ether oxygens (including phenoxy) is 1. The minimum atomic E-state index is -0.175. The van der Waals surface area contributed by atoms with Gasteiger partial charge >= 0.3 is 0 Å². The highest BCUT2D eigenvalue weighted by Crippen LogP contribution is 2.36. The SMILES string of the molecule is Cc1c(-c2cc3cc(Nc4cc5n(n4)CC(=O)N(C)OC5)ncc3c(N)n2)cnc2c1NCCO2. The molecule has 0 bridgehead atoms. The van der Waals surface area contributed by atoms with Crippen LogP contribution in [0.4, 0.5) is 23.1 Å². The molecule has 35 heavy (non-hydrogen) atoms.